The van der Waals surface area contributed by atoms with Crippen LogP contribution >= 0.6 is 0 Å². The van der Waals surface area contributed by atoms with Crippen molar-refractivity contribution in [1.29, 1.82) is 0 Å². The molecule has 1 rings (SSSR count). The van der Waals surface area contributed by atoms with Gasteiger partial charge >= 0.3 is 48.6 Å². The Bertz CT molecular complexity index is 1280. The molecular formula is C18H18F6O12S2. The third kappa shape index (κ3) is 6.66. The summed E-state index contributed by atoms with van der Waals surface area (Å²) >= 11 is 0. The maximum atomic E-state index is 14.0. The molecule has 2 atom stereocenters. The number of benzene rings is 1. The van der Waals surface area contributed by atoms with Crippen LogP contribution in [0.1, 0.15) is 24.2 Å². The van der Waals surface area contributed by atoms with Crippen LogP contribution in [0, 0.1) is 0 Å². The van der Waals surface area contributed by atoms with Gasteiger partial charge in [0.1, 0.15) is 0 Å². The monoisotopic (exact) mass is 604 g/mol. The number of esters is 2. The van der Waals surface area contributed by atoms with E-state index in [-0.39, 0.29) is 0 Å². The summed E-state index contributed by atoms with van der Waals surface area (Å²) in [5.41, 5.74) is -0.493. The topological polar surface area (TPSA) is 169 Å². The molecule has 0 fully saturated rings. The van der Waals surface area contributed by atoms with Gasteiger partial charge in [0.15, 0.2) is 11.5 Å². The van der Waals surface area contributed by atoms with Crippen molar-refractivity contribution in [3.8, 4) is 11.5 Å². The number of hydrogen-bond acceptors (Lipinski definition) is 11. The van der Waals surface area contributed by atoms with Gasteiger partial charge in [0.2, 0.25) is 12.6 Å². The third-order valence-electron chi connectivity index (χ3n) is 4.07. The minimum atomic E-state index is -7.23. The second-order valence-corrected chi connectivity index (χ2v) is 9.85. The lowest BCUT2D eigenvalue weighted by molar-refractivity contribution is -0.247. The fourth-order valence-electron chi connectivity index (χ4n) is 2.28. The smallest absolute Gasteiger partial charge is 0.450 e. The predicted octanol–water partition coefficient (Wildman–Crippen LogP) is 2.71. The van der Waals surface area contributed by atoms with Crippen LogP contribution in [0.4, 0.5) is 26.3 Å². The molecule has 38 heavy (non-hydrogen) atoms. The maximum Gasteiger partial charge on any atom is 0.450 e. The molecule has 12 nitrogen and oxygen atoms in total. The van der Waals surface area contributed by atoms with E-state index in [1.165, 1.54) is 13.8 Å². The fraction of sp³-hybridized carbons (Fsp3) is 0.444. The summed E-state index contributed by atoms with van der Waals surface area (Å²) < 4.78 is 158. The molecule has 1 aromatic rings. The van der Waals surface area contributed by atoms with E-state index < -0.39 is 78.2 Å². The lowest BCUT2D eigenvalue weighted by Gasteiger charge is -2.29. The highest BCUT2D eigenvalue weighted by atomic mass is 32.2. The van der Waals surface area contributed by atoms with Crippen LogP contribution in [0.25, 0.3) is 0 Å². The number of methoxy groups -OCH3 is 1. The van der Waals surface area contributed by atoms with Crippen molar-refractivity contribution in [3.05, 3.63) is 36.4 Å². The Morgan fingerprint density at radius 3 is 1.95 bits per heavy atom. The normalized spacial score (nSPS) is 14.7. The van der Waals surface area contributed by atoms with Crippen LogP contribution in [0.3, 0.4) is 0 Å². The van der Waals surface area contributed by atoms with E-state index in [0.717, 1.165) is 13.2 Å². The standard InChI is InChI=1S/C18H18F6O12S2/c1-5-14(25)34-9(2)33-10(3)35-15(26)11-6-7-12(13(8-11)32-4)36-38(30,31)18(23,24)16(19,20)17(21,22)37(27,28)29/h5-10H,1H2,2-4H3,(H,27,28,29). The van der Waals surface area contributed by atoms with E-state index in [0.29, 0.717) is 18.2 Å². The molecule has 0 bridgehead atoms. The number of alkyl halides is 6. The van der Waals surface area contributed by atoms with Crippen molar-refractivity contribution in [3.63, 3.8) is 0 Å². The second kappa shape index (κ2) is 11.3. The molecule has 1 N–H and O–H groups in total. The predicted molar refractivity (Wildman–Crippen MR) is 111 cm³/mol. The van der Waals surface area contributed by atoms with Crippen LogP contribution in [0.5, 0.6) is 11.5 Å². The summed E-state index contributed by atoms with van der Waals surface area (Å²) in [4.78, 5) is 23.3. The Morgan fingerprint density at radius 2 is 1.47 bits per heavy atom. The number of carbonyl (C=O) groups is 2. The summed E-state index contributed by atoms with van der Waals surface area (Å²) in [6.07, 6.45) is -1.77. The molecule has 0 amide bonds. The summed E-state index contributed by atoms with van der Waals surface area (Å²) in [7, 11) is -13.6. The quantitative estimate of drug-likeness (QED) is 0.0874. The molecule has 0 aliphatic rings. The average molecular weight is 604 g/mol. The van der Waals surface area contributed by atoms with Crippen molar-refractivity contribution in [1.82, 2.24) is 0 Å². The van der Waals surface area contributed by atoms with Crippen molar-refractivity contribution in [2.45, 2.75) is 42.9 Å². The minimum absolute atomic E-state index is 0.405. The van der Waals surface area contributed by atoms with E-state index in [2.05, 4.69) is 20.2 Å². The Hall–Kier alpha value is -3.10. The van der Waals surface area contributed by atoms with Gasteiger partial charge in [-0.05, 0) is 32.0 Å². The first-order valence-corrected chi connectivity index (χ1v) is 12.3. The van der Waals surface area contributed by atoms with E-state index in [9.17, 15) is 52.8 Å². The number of ether oxygens (including phenoxy) is 4. The van der Waals surface area contributed by atoms with Gasteiger partial charge < -0.3 is 23.1 Å². The molecule has 20 heteroatoms. The first kappa shape index (κ1) is 32.9. The zero-order chi connectivity index (χ0) is 29.9. The van der Waals surface area contributed by atoms with Gasteiger partial charge in [0, 0.05) is 6.08 Å². The summed E-state index contributed by atoms with van der Waals surface area (Å²) in [6, 6.07) is 1.65. The Labute approximate surface area is 210 Å². The number of rotatable bonds is 13. The van der Waals surface area contributed by atoms with Gasteiger partial charge in [-0.25, -0.2) is 9.59 Å². The maximum absolute atomic E-state index is 14.0. The van der Waals surface area contributed by atoms with Crippen LogP contribution in [-0.2, 0) is 39.2 Å². The van der Waals surface area contributed by atoms with Gasteiger partial charge in [-0.15, -0.1) is 0 Å². The van der Waals surface area contributed by atoms with Crippen molar-refractivity contribution in [2.75, 3.05) is 7.11 Å². The van der Waals surface area contributed by atoms with Crippen LogP contribution in [0.2, 0.25) is 0 Å². The van der Waals surface area contributed by atoms with Gasteiger partial charge in [0.05, 0.1) is 12.7 Å². The van der Waals surface area contributed by atoms with Crippen LogP contribution in [0.15, 0.2) is 30.9 Å². The molecule has 0 spiro atoms. The van der Waals surface area contributed by atoms with Crippen molar-refractivity contribution >= 4 is 32.2 Å². The van der Waals surface area contributed by atoms with E-state index in [1.54, 1.807) is 0 Å². The first-order valence-electron chi connectivity index (χ1n) is 9.47. The zero-order valence-electron chi connectivity index (χ0n) is 19.2. The molecule has 0 heterocycles. The number of hydrogen-bond donors (Lipinski definition) is 1. The lowest BCUT2D eigenvalue weighted by atomic mass is 10.2. The largest absolute Gasteiger partial charge is 0.493 e. The lowest BCUT2D eigenvalue weighted by Crippen LogP contribution is -2.61. The zero-order valence-corrected chi connectivity index (χ0v) is 20.8. The van der Waals surface area contributed by atoms with Gasteiger partial charge in [-0.2, -0.15) is 43.2 Å². The minimum Gasteiger partial charge on any atom is -0.493 e. The molecular weight excluding hydrogens is 586 g/mol. The Morgan fingerprint density at radius 1 is 0.947 bits per heavy atom. The highest BCUT2D eigenvalue weighted by molar-refractivity contribution is 7.88. The van der Waals surface area contributed by atoms with Crippen molar-refractivity contribution < 1.29 is 80.5 Å². The number of carbonyl (C=O) groups excluding carboxylic acids is 2. The van der Waals surface area contributed by atoms with Crippen molar-refractivity contribution in [2.24, 2.45) is 0 Å². The van der Waals surface area contributed by atoms with Gasteiger partial charge in [0.25, 0.3) is 0 Å². The summed E-state index contributed by atoms with van der Waals surface area (Å²) in [5.74, 6) is -11.5. The van der Waals surface area contributed by atoms with E-state index in [4.69, 9.17) is 14.0 Å². The Kier molecular flexibility index (Phi) is 9.82. The second-order valence-electron chi connectivity index (χ2n) is 6.80. The van der Waals surface area contributed by atoms with Gasteiger partial charge in [-0.1, -0.05) is 6.58 Å². The van der Waals surface area contributed by atoms with Crippen LogP contribution < -0.4 is 8.92 Å². The molecule has 1 aromatic carbocycles. The molecule has 0 aliphatic heterocycles. The van der Waals surface area contributed by atoms with E-state index >= 15 is 0 Å². The van der Waals surface area contributed by atoms with Gasteiger partial charge in [-0.3, -0.25) is 4.55 Å². The van der Waals surface area contributed by atoms with E-state index in [1.807, 2.05) is 0 Å². The highest BCUT2D eigenvalue weighted by Crippen LogP contribution is 2.51. The molecule has 0 aliphatic carbocycles. The molecule has 0 saturated carbocycles. The summed E-state index contributed by atoms with van der Waals surface area (Å²) in [6.45, 7) is 5.59. The molecule has 0 radical (unpaired) electrons. The SMILES string of the molecule is C=CC(=O)OC(C)OC(C)OC(=O)c1ccc(OS(=O)(=O)C(F)(F)C(F)(F)C(F)(F)S(=O)(=O)O)c(OC)c1. The fourth-order valence-corrected chi connectivity index (χ4v) is 3.72. The molecule has 2 unspecified atom stereocenters. The van der Waals surface area contributed by atoms with Crippen LogP contribution in [-0.4, -0.2) is 69.4 Å². The number of halogens is 6. The summed E-state index contributed by atoms with van der Waals surface area (Å²) in [5, 5.41) is -13.9. The third-order valence-corrected chi connectivity index (χ3v) is 6.26. The molecule has 0 aromatic heterocycles. The first-order chi connectivity index (χ1) is 17.1. The molecule has 0 saturated heterocycles. The Balaban J connectivity index is 3.20. The average Bonchev–Trinajstić information content (AvgIpc) is 2.77. The highest BCUT2D eigenvalue weighted by Gasteiger charge is 2.83. The molecule has 216 valence electrons.